The van der Waals surface area contributed by atoms with Crippen molar-refractivity contribution in [3.8, 4) is 5.75 Å². The zero-order chi connectivity index (χ0) is 19.4. The number of aromatic nitrogens is 1. The summed E-state index contributed by atoms with van der Waals surface area (Å²) in [6, 6.07) is 7.14. The van der Waals surface area contributed by atoms with Crippen molar-refractivity contribution in [1.82, 2.24) is 14.8 Å². The summed E-state index contributed by atoms with van der Waals surface area (Å²) >= 11 is 0. The first-order valence-electron chi connectivity index (χ1n) is 9.69. The molecule has 4 fully saturated rings. The molecule has 5 nitrogen and oxygen atoms in total. The molecule has 5 heterocycles. The maximum Gasteiger partial charge on any atom is 0.276 e. The zero-order valence-electron chi connectivity index (χ0n) is 15.3. The van der Waals surface area contributed by atoms with Gasteiger partial charge in [0.05, 0.1) is 6.04 Å². The van der Waals surface area contributed by atoms with E-state index >= 15 is 0 Å². The van der Waals surface area contributed by atoms with E-state index < -0.39 is 11.6 Å². The molecular formula is C21H21F2N3O2. The molecule has 0 radical (unpaired) electrons. The summed E-state index contributed by atoms with van der Waals surface area (Å²) in [4.78, 5) is 21.4. The van der Waals surface area contributed by atoms with Crippen LogP contribution < -0.4 is 0 Å². The van der Waals surface area contributed by atoms with Crippen LogP contribution in [0, 0.1) is 17.6 Å². The Morgan fingerprint density at radius 2 is 1.89 bits per heavy atom. The van der Waals surface area contributed by atoms with Gasteiger partial charge in [-0.2, -0.15) is 0 Å². The third-order valence-electron chi connectivity index (χ3n) is 6.63. The van der Waals surface area contributed by atoms with Crippen molar-refractivity contribution in [1.29, 1.82) is 0 Å². The van der Waals surface area contributed by atoms with Crippen LogP contribution in [0.3, 0.4) is 0 Å². The minimum Gasteiger partial charge on any atom is -0.505 e. The van der Waals surface area contributed by atoms with Gasteiger partial charge >= 0.3 is 0 Å². The second-order valence-electron chi connectivity index (χ2n) is 7.93. The lowest BCUT2D eigenvalue weighted by Gasteiger charge is -2.51. The number of hydrogen-bond donors (Lipinski definition) is 1. The number of hydrogen-bond acceptors (Lipinski definition) is 4. The van der Waals surface area contributed by atoms with E-state index in [1.807, 2.05) is 0 Å². The molecule has 4 aliphatic rings. The molecule has 3 atom stereocenters. The van der Waals surface area contributed by atoms with E-state index in [1.54, 1.807) is 17.0 Å². The van der Waals surface area contributed by atoms with Crippen molar-refractivity contribution in [2.24, 2.45) is 5.92 Å². The maximum absolute atomic E-state index is 14.6. The van der Waals surface area contributed by atoms with Crippen LogP contribution in [0.5, 0.6) is 5.75 Å². The summed E-state index contributed by atoms with van der Waals surface area (Å²) in [5.41, 5.74) is 0.334. The topological polar surface area (TPSA) is 56.7 Å². The van der Waals surface area contributed by atoms with Crippen molar-refractivity contribution in [2.45, 2.75) is 30.8 Å². The normalized spacial score (nSPS) is 31.1. The Morgan fingerprint density at radius 1 is 1.11 bits per heavy atom. The molecule has 2 aromatic rings. The number of pyridine rings is 1. The SMILES string of the molecule is O=C(c1ncccc1O)N1C[C@H](c2cccc(F)c2F)[C@@H]2[C@H]1C1CCN2CC1. The Labute approximate surface area is 161 Å². The smallest absolute Gasteiger partial charge is 0.276 e. The van der Waals surface area contributed by atoms with E-state index in [9.17, 15) is 18.7 Å². The molecule has 7 heteroatoms. The van der Waals surface area contributed by atoms with E-state index in [4.69, 9.17) is 0 Å². The van der Waals surface area contributed by atoms with Crippen LogP contribution >= 0.6 is 0 Å². The number of rotatable bonds is 2. The highest BCUT2D eigenvalue weighted by molar-refractivity contribution is 5.95. The van der Waals surface area contributed by atoms with Gasteiger partial charge < -0.3 is 10.0 Å². The molecule has 146 valence electrons. The standard InChI is InChI=1S/C21H21F2N3O2/c22-15-4-1-3-13(17(15)23)14-11-26(21(28)18-16(27)5-2-8-24-18)19-12-6-9-25(10-7-12)20(14)19/h1-5,8,12,14,19-20,27H,6-7,9-11H2/t14-,19-,20-/m1/s1. The fourth-order valence-corrected chi connectivity index (χ4v) is 5.43. The Kier molecular flexibility index (Phi) is 4.08. The zero-order valence-corrected chi connectivity index (χ0v) is 15.3. The first kappa shape index (κ1) is 17.6. The van der Waals surface area contributed by atoms with Crippen LogP contribution in [0.4, 0.5) is 8.78 Å². The average Bonchev–Trinajstić information content (AvgIpc) is 3.13. The Morgan fingerprint density at radius 3 is 2.64 bits per heavy atom. The highest BCUT2D eigenvalue weighted by Gasteiger charge is 2.55. The molecule has 1 aromatic carbocycles. The van der Waals surface area contributed by atoms with Gasteiger partial charge in [0.15, 0.2) is 17.3 Å². The van der Waals surface area contributed by atoms with Crippen molar-refractivity contribution >= 4 is 5.91 Å². The van der Waals surface area contributed by atoms with Gasteiger partial charge in [-0.1, -0.05) is 12.1 Å². The van der Waals surface area contributed by atoms with Gasteiger partial charge in [0.1, 0.15) is 5.75 Å². The van der Waals surface area contributed by atoms with Crippen molar-refractivity contribution in [3.63, 3.8) is 0 Å². The van der Waals surface area contributed by atoms with Gasteiger partial charge in [0, 0.05) is 24.7 Å². The molecule has 4 aliphatic heterocycles. The van der Waals surface area contributed by atoms with Gasteiger partial charge in [-0.3, -0.25) is 9.69 Å². The predicted octanol–water partition coefficient (Wildman–Crippen LogP) is 2.77. The maximum atomic E-state index is 14.6. The first-order valence-corrected chi connectivity index (χ1v) is 9.69. The van der Waals surface area contributed by atoms with E-state index in [0.29, 0.717) is 11.5 Å². The number of halogens is 2. The second-order valence-corrected chi connectivity index (χ2v) is 7.93. The predicted molar refractivity (Wildman–Crippen MR) is 97.9 cm³/mol. The van der Waals surface area contributed by atoms with Crippen molar-refractivity contribution < 1.29 is 18.7 Å². The van der Waals surface area contributed by atoms with Crippen LogP contribution in [0.25, 0.3) is 0 Å². The summed E-state index contributed by atoms with van der Waals surface area (Å²) in [5.74, 6) is -2.18. The van der Waals surface area contributed by atoms with Gasteiger partial charge in [-0.25, -0.2) is 13.8 Å². The summed E-state index contributed by atoms with van der Waals surface area (Å²) in [5, 5.41) is 10.1. The lowest BCUT2D eigenvalue weighted by atomic mass is 9.75. The molecule has 0 unspecified atom stereocenters. The minimum atomic E-state index is -0.864. The molecule has 4 saturated heterocycles. The number of nitrogens with zero attached hydrogens (tertiary/aromatic N) is 3. The van der Waals surface area contributed by atoms with Gasteiger partial charge in [0.25, 0.3) is 5.91 Å². The number of carbonyl (C=O) groups is 1. The van der Waals surface area contributed by atoms with Gasteiger partial charge in [-0.15, -0.1) is 0 Å². The molecule has 0 saturated carbocycles. The number of fused-ring (bicyclic) bond motifs is 2. The molecule has 28 heavy (non-hydrogen) atoms. The van der Waals surface area contributed by atoms with Crippen molar-refractivity contribution in [3.05, 3.63) is 59.4 Å². The van der Waals surface area contributed by atoms with Gasteiger partial charge in [-0.05, 0) is 55.6 Å². The van der Waals surface area contributed by atoms with Crippen LogP contribution in [-0.2, 0) is 0 Å². The molecule has 1 aromatic heterocycles. The Balaban J connectivity index is 1.57. The van der Waals surface area contributed by atoms with E-state index in [0.717, 1.165) is 32.0 Å². The number of piperidine rings is 3. The lowest BCUT2D eigenvalue weighted by molar-refractivity contribution is -0.00384. The van der Waals surface area contributed by atoms with Gasteiger partial charge in [0.2, 0.25) is 0 Å². The minimum absolute atomic E-state index is 0.0121. The quantitative estimate of drug-likeness (QED) is 0.864. The summed E-state index contributed by atoms with van der Waals surface area (Å²) in [6.07, 6.45) is 3.44. The van der Waals surface area contributed by atoms with Crippen LogP contribution in [-0.4, -0.2) is 57.5 Å². The first-order chi connectivity index (χ1) is 13.6. The van der Waals surface area contributed by atoms with E-state index in [1.165, 1.54) is 18.3 Å². The van der Waals surface area contributed by atoms with E-state index in [2.05, 4.69) is 9.88 Å². The van der Waals surface area contributed by atoms with Crippen LogP contribution in [0.2, 0.25) is 0 Å². The number of amides is 1. The van der Waals surface area contributed by atoms with Crippen LogP contribution in [0.1, 0.15) is 34.8 Å². The molecule has 1 N–H and O–H groups in total. The molecular weight excluding hydrogens is 364 g/mol. The molecule has 0 aliphatic carbocycles. The Hall–Kier alpha value is -2.54. The third kappa shape index (κ3) is 2.53. The number of likely N-dealkylation sites (tertiary alicyclic amines) is 1. The molecule has 0 spiro atoms. The van der Waals surface area contributed by atoms with Crippen molar-refractivity contribution in [2.75, 3.05) is 19.6 Å². The summed E-state index contributed by atoms with van der Waals surface area (Å²) < 4.78 is 28.5. The third-order valence-corrected chi connectivity index (χ3v) is 6.63. The number of benzene rings is 1. The average molecular weight is 385 g/mol. The summed E-state index contributed by atoms with van der Waals surface area (Å²) in [6.45, 7) is 2.11. The van der Waals surface area contributed by atoms with E-state index in [-0.39, 0.29) is 41.9 Å². The fraction of sp³-hybridized carbons (Fsp3) is 0.429. The monoisotopic (exact) mass is 385 g/mol. The summed E-state index contributed by atoms with van der Waals surface area (Å²) in [7, 11) is 0. The molecule has 6 rings (SSSR count). The highest BCUT2D eigenvalue weighted by atomic mass is 19.2. The molecule has 1 amide bonds. The second kappa shape index (κ2) is 6.51. The largest absolute Gasteiger partial charge is 0.505 e. The van der Waals surface area contributed by atoms with Crippen LogP contribution in [0.15, 0.2) is 36.5 Å². The highest BCUT2D eigenvalue weighted by Crippen LogP contribution is 2.47. The lowest BCUT2D eigenvalue weighted by Crippen LogP contribution is -2.60. The fourth-order valence-electron chi connectivity index (χ4n) is 5.43. The Bertz CT molecular complexity index is 930. The number of carbonyl (C=O) groups excluding carboxylic acids is 1. The number of aromatic hydroxyl groups is 1. The molecule has 2 bridgehead atoms.